The molecule has 0 aliphatic rings. The first kappa shape index (κ1) is 14.0. The fourth-order valence-electron chi connectivity index (χ4n) is 1.47. The third kappa shape index (κ3) is 4.04. The van der Waals surface area contributed by atoms with Gasteiger partial charge in [-0.1, -0.05) is 6.92 Å². The Kier molecular flexibility index (Phi) is 5.10. The van der Waals surface area contributed by atoms with E-state index in [1.165, 1.54) is 11.1 Å². The predicted octanol–water partition coefficient (Wildman–Crippen LogP) is 1.72. The Hall–Kier alpha value is -2.11. The normalized spacial score (nSPS) is 9.89. The third-order valence-electron chi connectivity index (χ3n) is 2.39. The smallest absolute Gasteiger partial charge is 0.323 e. The summed E-state index contributed by atoms with van der Waals surface area (Å²) in [5, 5.41) is 11.4. The molecule has 0 fully saturated rings. The first-order valence-electron chi connectivity index (χ1n) is 5.73. The lowest BCUT2D eigenvalue weighted by molar-refractivity contribution is -0.137. The average Bonchev–Trinajstić information content (AvgIpc) is 2.31. The molecule has 2 amide bonds. The SMILES string of the molecule is CCCN(CC(=O)O)C(=O)Nc1cnccc1C. The minimum absolute atomic E-state index is 0.307. The molecular formula is C12H17N3O3. The van der Waals surface area contributed by atoms with E-state index in [0.29, 0.717) is 18.7 Å². The van der Waals surface area contributed by atoms with Crippen LogP contribution in [0.1, 0.15) is 18.9 Å². The predicted molar refractivity (Wildman–Crippen MR) is 67.5 cm³/mol. The zero-order chi connectivity index (χ0) is 13.5. The Morgan fingerprint density at radius 1 is 1.50 bits per heavy atom. The van der Waals surface area contributed by atoms with Crippen LogP contribution < -0.4 is 5.32 Å². The van der Waals surface area contributed by atoms with Crippen LogP contribution in [-0.4, -0.2) is 40.1 Å². The van der Waals surface area contributed by atoms with Crippen LogP contribution in [0.3, 0.4) is 0 Å². The molecule has 98 valence electrons. The summed E-state index contributed by atoms with van der Waals surface area (Å²) in [6.45, 7) is 3.83. The van der Waals surface area contributed by atoms with Crippen LogP contribution in [0, 0.1) is 6.92 Å². The molecule has 0 saturated heterocycles. The summed E-state index contributed by atoms with van der Waals surface area (Å²) in [4.78, 5) is 27.8. The second kappa shape index (κ2) is 6.58. The summed E-state index contributed by atoms with van der Waals surface area (Å²) < 4.78 is 0. The lowest BCUT2D eigenvalue weighted by atomic mass is 10.2. The fraction of sp³-hybridized carbons (Fsp3) is 0.417. The van der Waals surface area contributed by atoms with Gasteiger partial charge in [0, 0.05) is 12.7 Å². The molecule has 0 aromatic carbocycles. The summed E-state index contributed by atoms with van der Waals surface area (Å²) in [6.07, 6.45) is 3.87. The molecule has 1 aromatic rings. The molecule has 1 aromatic heterocycles. The summed E-state index contributed by atoms with van der Waals surface area (Å²) in [5.41, 5.74) is 1.47. The van der Waals surface area contributed by atoms with Gasteiger partial charge in [-0.05, 0) is 25.0 Å². The van der Waals surface area contributed by atoms with Gasteiger partial charge in [0.15, 0.2) is 0 Å². The number of aromatic nitrogens is 1. The topological polar surface area (TPSA) is 82.5 Å². The van der Waals surface area contributed by atoms with Crippen molar-refractivity contribution < 1.29 is 14.7 Å². The van der Waals surface area contributed by atoms with E-state index in [9.17, 15) is 9.59 Å². The number of amides is 2. The van der Waals surface area contributed by atoms with E-state index in [-0.39, 0.29) is 6.54 Å². The van der Waals surface area contributed by atoms with Crippen molar-refractivity contribution in [2.24, 2.45) is 0 Å². The molecule has 0 unspecified atom stereocenters. The molecular weight excluding hydrogens is 234 g/mol. The Morgan fingerprint density at radius 3 is 2.78 bits per heavy atom. The molecule has 0 saturated carbocycles. The number of urea groups is 1. The van der Waals surface area contributed by atoms with Crippen molar-refractivity contribution in [3.63, 3.8) is 0 Å². The molecule has 0 atom stereocenters. The quantitative estimate of drug-likeness (QED) is 0.834. The highest BCUT2D eigenvalue weighted by Crippen LogP contribution is 2.12. The summed E-state index contributed by atoms with van der Waals surface area (Å²) >= 11 is 0. The largest absolute Gasteiger partial charge is 0.480 e. The van der Waals surface area contributed by atoms with E-state index in [2.05, 4.69) is 10.3 Å². The highest BCUT2D eigenvalue weighted by atomic mass is 16.4. The van der Waals surface area contributed by atoms with Crippen molar-refractivity contribution in [1.82, 2.24) is 9.88 Å². The number of aryl methyl sites for hydroxylation is 1. The number of hydrogen-bond donors (Lipinski definition) is 2. The van der Waals surface area contributed by atoms with Crippen LogP contribution >= 0.6 is 0 Å². The van der Waals surface area contributed by atoms with E-state index in [0.717, 1.165) is 5.56 Å². The van der Waals surface area contributed by atoms with Gasteiger partial charge in [-0.3, -0.25) is 9.78 Å². The monoisotopic (exact) mass is 251 g/mol. The summed E-state index contributed by atoms with van der Waals surface area (Å²) in [6, 6.07) is 1.35. The number of carboxylic acid groups (broad SMARTS) is 1. The van der Waals surface area contributed by atoms with E-state index < -0.39 is 12.0 Å². The second-order valence-corrected chi connectivity index (χ2v) is 3.94. The number of anilines is 1. The lowest BCUT2D eigenvalue weighted by Crippen LogP contribution is -2.39. The van der Waals surface area contributed by atoms with E-state index in [1.807, 2.05) is 13.8 Å². The van der Waals surface area contributed by atoms with E-state index >= 15 is 0 Å². The molecule has 1 rings (SSSR count). The number of carboxylic acids is 1. The van der Waals surface area contributed by atoms with Crippen LogP contribution in [0.4, 0.5) is 10.5 Å². The van der Waals surface area contributed by atoms with Gasteiger partial charge in [-0.15, -0.1) is 0 Å². The van der Waals surface area contributed by atoms with Crippen LogP contribution in [0.5, 0.6) is 0 Å². The van der Waals surface area contributed by atoms with Crippen molar-refractivity contribution in [3.05, 3.63) is 24.0 Å². The minimum Gasteiger partial charge on any atom is -0.480 e. The van der Waals surface area contributed by atoms with Crippen molar-refractivity contribution in [2.45, 2.75) is 20.3 Å². The number of nitrogens with one attached hydrogen (secondary N) is 1. The Bertz CT molecular complexity index is 434. The molecule has 6 heteroatoms. The number of pyridine rings is 1. The van der Waals surface area contributed by atoms with Gasteiger partial charge in [-0.2, -0.15) is 0 Å². The van der Waals surface area contributed by atoms with Crippen LogP contribution in [0.2, 0.25) is 0 Å². The number of carbonyl (C=O) groups excluding carboxylic acids is 1. The van der Waals surface area contributed by atoms with Crippen molar-refractivity contribution >= 4 is 17.7 Å². The molecule has 2 N–H and O–H groups in total. The maximum absolute atomic E-state index is 11.9. The van der Waals surface area contributed by atoms with Crippen LogP contribution in [0.25, 0.3) is 0 Å². The number of rotatable bonds is 5. The van der Waals surface area contributed by atoms with Crippen molar-refractivity contribution in [3.8, 4) is 0 Å². The van der Waals surface area contributed by atoms with Gasteiger partial charge >= 0.3 is 12.0 Å². The number of aliphatic carboxylic acids is 1. The third-order valence-corrected chi connectivity index (χ3v) is 2.39. The Morgan fingerprint density at radius 2 is 2.22 bits per heavy atom. The van der Waals surface area contributed by atoms with Crippen LogP contribution in [0.15, 0.2) is 18.5 Å². The fourth-order valence-corrected chi connectivity index (χ4v) is 1.47. The molecule has 0 bridgehead atoms. The van der Waals surface area contributed by atoms with Gasteiger partial charge in [-0.25, -0.2) is 4.79 Å². The van der Waals surface area contributed by atoms with Crippen molar-refractivity contribution in [1.29, 1.82) is 0 Å². The van der Waals surface area contributed by atoms with Gasteiger partial charge in [0.2, 0.25) is 0 Å². The Labute approximate surface area is 106 Å². The molecule has 18 heavy (non-hydrogen) atoms. The van der Waals surface area contributed by atoms with Gasteiger partial charge < -0.3 is 15.3 Å². The number of nitrogens with zero attached hydrogens (tertiary/aromatic N) is 2. The highest BCUT2D eigenvalue weighted by molar-refractivity contribution is 5.91. The first-order valence-corrected chi connectivity index (χ1v) is 5.73. The van der Waals surface area contributed by atoms with E-state index in [4.69, 9.17) is 5.11 Å². The van der Waals surface area contributed by atoms with Gasteiger partial charge in [0.25, 0.3) is 0 Å². The standard InChI is InChI=1S/C12H17N3O3/c1-3-6-15(8-11(16)17)12(18)14-10-7-13-5-4-9(10)2/h4-5,7H,3,6,8H2,1-2H3,(H,14,18)(H,16,17). The van der Waals surface area contributed by atoms with Crippen molar-refractivity contribution in [2.75, 3.05) is 18.4 Å². The van der Waals surface area contributed by atoms with Gasteiger partial charge in [0.1, 0.15) is 6.54 Å². The van der Waals surface area contributed by atoms with Gasteiger partial charge in [0.05, 0.1) is 11.9 Å². The summed E-state index contributed by atoms with van der Waals surface area (Å²) in [7, 11) is 0. The molecule has 0 aliphatic carbocycles. The maximum Gasteiger partial charge on any atom is 0.323 e. The summed E-state index contributed by atoms with van der Waals surface area (Å²) in [5.74, 6) is -1.03. The molecule has 6 nitrogen and oxygen atoms in total. The maximum atomic E-state index is 11.9. The number of carbonyl (C=O) groups is 2. The first-order chi connectivity index (χ1) is 8.54. The lowest BCUT2D eigenvalue weighted by Gasteiger charge is -2.20. The zero-order valence-corrected chi connectivity index (χ0v) is 10.5. The molecule has 0 aliphatic heterocycles. The molecule has 0 spiro atoms. The van der Waals surface area contributed by atoms with Crippen LogP contribution in [-0.2, 0) is 4.79 Å². The minimum atomic E-state index is -1.03. The second-order valence-electron chi connectivity index (χ2n) is 3.94. The highest BCUT2D eigenvalue weighted by Gasteiger charge is 2.16. The molecule has 0 radical (unpaired) electrons. The van der Waals surface area contributed by atoms with E-state index in [1.54, 1.807) is 12.3 Å². The average molecular weight is 251 g/mol. The Balaban J connectivity index is 2.72. The number of hydrogen-bond acceptors (Lipinski definition) is 3. The zero-order valence-electron chi connectivity index (χ0n) is 10.5. The molecule has 1 heterocycles.